The number of aliphatic hydroxyl groups is 1. The molecule has 0 aliphatic heterocycles. The average Bonchev–Trinajstić information content (AvgIpc) is 2.45. The molecule has 0 aliphatic carbocycles. The lowest BCUT2D eigenvalue weighted by Crippen LogP contribution is -2.28. The first-order chi connectivity index (χ1) is 9.58. The van der Waals surface area contributed by atoms with Crippen LogP contribution in [0.3, 0.4) is 0 Å². The van der Waals surface area contributed by atoms with Crippen molar-refractivity contribution in [2.75, 3.05) is 6.54 Å². The third kappa shape index (κ3) is 3.53. The van der Waals surface area contributed by atoms with Crippen molar-refractivity contribution >= 4 is 17.5 Å². The second-order valence-electron chi connectivity index (χ2n) is 4.14. The molecule has 2 aromatic rings. The normalized spacial score (nSPS) is 11.9. The maximum absolute atomic E-state index is 12.9. The van der Waals surface area contributed by atoms with Crippen LogP contribution in [0.15, 0.2) is 42.7 Å². The highest BCUT2D eigenvalue weighted by Crippen LogP contribution is 2.21. The number of amides is 1. The molecule has 0 saturated carbocycles. The zero-order valence-electron chi connectivity index (χ0n) is 10.4. The van der Waals surface area contributed by atoms with Crippen LogP contribution in [0.4, 0.5) is 4.39 Å². The average molecular weight is 295 g/mol. The van der Waals surface area contributed by atoms with E-state index < -0.39 is 17.8 Å². The van der Waals surface area contributed by atoms with Crippen LogP contribution >= 0.6 is 11.6 Å². The summed E-state index contributed by atoms with van der Waals surface area (Å²) in [7, 11) is 0. The number of rotatable bonds is 4. The van der Waals surface area contributed by atoms with Crippen molar-refractivity contribution < 1.29 is 14.3 Å². The Morgan fingerprint density at radius 3 is 2.85 bits per heavy atom. The Kier molecular flexibility index (Phi) is 4.65. The molecule has 0 spiro atoms. The number of aliphatic hydroxyl groups excluding tert-OH is 1. The van der Waals surface area contributed by atoms with Crippen molar-refractivity contribution in [1.29, 1.82) is 0 Å². The fourth-order valence-electron chi connectivity index (χ4n) is 1.68. The fourth-order valence-corrected chi connectivity index (χ4v) is 1.94. The standard InChI is InChI=1S/C14H12ClFN2O2/c15-12-4-2-1-3-11(12)13(19)8-18-14(20)9-5-10(16)7-17-6-9/h1-7,13,19H,8H2,(H,18,20). The van der Waals surface area contributed by atoms with Crippen LogP contribution in [0.1, 0.15) is 22.0 Å². The third-order valence-corrected chi connectivity index (χ3v) is 3.03. The van der Waals surface area contributed by atoms with Gasteiger partial charge >= 0.3 is 0 Å². The summed E-state index contributed by atoms with van der Waals surface area (Å²) in [6, 6.07) is 7.88. The number of hydrogen-bond acceptors (Lipinski definition) is 3. The molecule has 20 heavy (non-hydrogen) atoms. The van der Waals surface area contributed by atoms with Gasteiger partial charge in [-0.25, -0.2) is 4.39 Å². The number of pyridine rings is 1. The number of carbonyl (C=O) groups is 1. The summed E-state index contributed by atoms with van der Waals surface area (Å²) in [5.74, 6) is -1.10. The molecule has 0 saturated heterocycles. The molecule has 1 amide bonds. The van der Waals surface area contributed by atoms with E-state index in [4.69, 9.17) is 11.6 Å². The van der Waals surface area contributed by atoms with Crippen LogP contribution in [0.25, 0.3) is 0 Å². The van der Waals surface area contributed by atoms with E-state index in [1.165, 1.54) is 6.20 Å². The topological polar surface area (TPSA) is 62.2 Å². The highest BCUT2D eigenvalue weighted by atomic mass is 35.5. The summed E-state index contributed by atoms with van der Waals surface area (Å²) in [6.45, 7) is -0.0287. The fraction of sp³-hybridized carbons (Fsp3) is 0.143. The molecule has 0 fully saturated rings. The van der Waals surface area contributed by atoms with E-state index in [1.54, 1.807) is 24.3 Å². The molecule has 2 N–H and O–H groups in total. The largest absolute Gasteiger partial charge is 0.387 e. The molecule has 1 unspecified atom stereocenters. The molecule has 0 aliphatic rings. The smallest absolute Gasteiger partial charge is 0.253 e. The zero-order chi connectivity index (χ0) is 14.5. The molecule has 6 heteroatoms. The Labute approximate surface area is 120 Å². The Hall–Kier alpha value is -1.98. The number of halogens is 2. The van der Waals surface area contributed by atoms with E-state index in [0.717, 1.165) is 12.3 Å². The molecule has 104 valence electrons. The SMILES string of the molecule is O=C(NCC(O)c1ccccc1Cl)c1cncc(F)c1. The monoisotopic (exact) mass is 294 g/mol. The summed E-state index contributed by atoms with van der Waals surface area (Å²) in [6.07, 6.45) is 1.32. The van der Waals surface area contributed by atoms with Crippen LogP contribution in [-0.2, 0) is 0 Å². The number of hydrogen-bond donors (Lipinski definition) is 2. The maximum Gasteiger partial charge on any atom is 0.253 e. The lowest BCUT2D eigenvalue weighted by molar-refractivity contribution is 0.0915. The Morgan fingerprint density at radius 2 is 2.15 bits per heavy atom. The maximum atomic E-state index is 12.9. The number of nitrogens with one attached hydrogen (secondary N) is 1. The lowest BCUT2D eigenvalue weighted by Gasteiger charge is -2.13. The van der Waals surface area contributed by atoms with Crippen molar-refractivity contribution in [3.8, 4) is 0 Å². The first-order valence-electron chi connectivity index (χ1n) is 5.89. The van der Waals surface area contributed by atoms with Crippen molar-refractivity contribution in [2.45, 2.75) is 6.10 Å². The second kappa shape index (κ2) is 6.45. The number of nitrogens with zero attached hydrogens (tertiary/aromatic N) is 1. The van der Waals surface area contributed by atoms with E-state index >= 15 is 0 Å². The molecule has 1 heterocycles. The van der Waals surface area contributed by atoms with Gasteiger partial charge in [-0.2, -0.15) is 0 Å². The van der Waals surface area contributed by atoms with E-state index in [1.807, 2.05) is 0 Å². The lowest BCUT2D eigenvalue weighted by atomic mass is 10.1. The van der Waals surface area contributed by atoms with Crippen LogP contribution in [0.5, 0.6) is 0 Å². The molecule has 4 nitrogen and oxygen atoms in total. The molecule has 1 aromatic heterocycles. The number of benzene rings is 1. The van der Waals surface area contributed by atoms with Crippen LogP contribution in [0, 0.1) is 5.82 Å². The number of carbonyl (C=O) groups excluding carboxylic acids is 1. The molecule has 0 radical (unpaired) electrons. The molecule has 0 bridgehead atoms. The van der Waals surface area contributed by atoms with Crippen molar-refractivity contribution in [3.63, 3.8) is 0 Å². The van der Waals surface area contributed by atoms with Crippen LogP contribution < -0.4 is 5.32 Å². The summed E-state index contributed by atoms with van der Waals surface area (Å²) in [5, 5.41) is 12.9. The summed E-state index contributed by atoms with van der Waals surface area (Å²) in [5.41, 5.74) is 0.614. The Morgan fingerprint density at radius 1 is 1.40 bits per heavy atom. The van der Waals surface area contributed by atoms with Gasteiger partial charge < -0.3 is 10.4 Å². The molecular weight excluding hydrogens is 283 g/mol. The molecule has 1 atom stereocenters. The van der Waals surface area contributed by atoms with Gasteiger partial charge in [0.05, 0.1) is 17.9 Å². The van der Waals surface area contributed by atoms with Gasteiger partial charge in [-0.05, 0) is 12.1 Å². The first kappa shape index (κ1) is 14.4. The van der Waals surface area contributed by atoms with Crippen LogP contribution in [0.2, 0.25) is 5.02 Å². The van der Waals surface area contributed by atoms with Gasteiger partial charge in [-0.3, -0.25) is 9.78 Å². The van der Waals surface area contributed by atoms with E-state index in [2.05, 4.69) is 10.3 Å². The summed E-state index contributed by atoms with van der Waals surface area (Å²) < 4.78 is 12.9. The van der Waals surface area contributed by atoms with Gasteiger partial charge in [0.15, 0.2) is 0 Å². The van der Waals surface area contributed by atoms with E-state index in [0.29, 0.717) is 10.6 Å². The van der Waals surface area contributed by atoms with Gasteiger partial charge in [0.2, 0.25) is 0 Å². The molecule has 2 rings (SSSR count). The van der Waals surface area contributed by atoms with Crippen molar-refractivity contribution in [1.82, 2.24) is 10.3 Å². The van der Waals surface area contributed by atoms with E-state index in [-0.39, 0.29) is 12.1 Å². The van der Waals surface area contributed by atoms with Gasteiger partial charge in [0.1, 0.15) is 5.82 Å². The minimum absolute atomic E-state index is 0.0287. The van der Waals surface area contributed by atoms with Crippen molar-refractivity contribution in [2.24, 2.45) is 0 Å². The molecular formula is C14H12ClFN2O2. The van der Waals surface area contributed by atoms with Gasteiger partial charge in [-0.15, -0.1) is 0 Å². The predicted octanol–water partition coefficient (Wildman–Crippen LogP) is 2.34. The van der Waals surface area contributed by atoms with Gasteiger partial charge in [-0.1, -0.05) is 29.8 Å². The summed E-state index contributed by atoms with van der Waals surface area (Å²) in [4.78, 5) is 15.3. The predicted molar refractivity (Wildman–Crippen MR) is 72.9 cm³/mol. The quantitative estimate of drug-likeness (QED) is 0.910. The zero-order valence-corrected chi connectivity index (χ0v) is 11.1. The highest BCUT2D eigenvalue weighted by Gasteiger charge is 2.13. The summed E-state index contributed by atoms with van der Waals surface area (Å²) >= 11 is 5.94. The Balaban J connectivity index is 1.99. The minimum atomic E-state index is -0.936. The third-order valence-electron chi connectivity index (χ3n) is 2.69. The molecule has 1 aromatic carbocycles. The van der Waals surface area contributed by atoms with E-state index in [9.17, 15) is 14.3 Å². The second-order valence-corrected chi connectivity index (χ2v) is 4.55. The minimum Gasteiger partial charge on any atom is -0.387 e. The van der Waals surface area contributed by atoms with Gasteiger partial charge in [0, 0.05) is 23.3 Å². The highest BCUT2D eigenvalue weighted by molar-refractivity contribution is 6.31. The number of aromatic nitrogens is 1. The Bertz CT molecular complexity index is 622. The van der Waals surface area contributed by atoms with Gasteiger partial charge in [0.25, 0.3) is 5.91 Å². The van der Waals surface area contributed by atoms with Crippen LogP contribution in [-0.4, -0.2) is 22.5 Å². The first-order valence-corrected chi connectivity index (χ1v) is 6.27. The van der Waals surface area contributed by atoms with Crippen molar-refractivity contribution in [3.05, 3.63) is 64.7 Å².